The summed E-state index contributed by atoms with van der Waals surface area (Å²) in [6.45, 7) is 7.38. The zero-order valence-corrected chi connectivity index (χ0v) is 26.1. The van der Waals surface area contributed by atoms with Gasteiger partial charge in [0.15, 0.2) is 12.4 Å². The molecule has 0 fully saturated rings. The van der Waals surface area contributed by atoms with Gasteiger partial charge in [0.05, 0.1) is 24.2 Å². The number of rotatable bonds is 18. The number of nitrogens with two attached hydrogens (primary N) is 1. The molecule has 10 heteroatoms. The van der Waals surface area contributed by atoms with Gasteiger partial charge in [-0.15, -0.1) is 0 Å². The number of hydrogen-bond acceptors (Lipinski definition) is 9. The van der Waals surface area contributed by atoms with Crippen molar-refractivity contribution in [3.8, 4) is 5.75 Å². The molecule has 10 nitrogen and oxygen atoms in total. The van der Waals surface area contributed by atoms with E-state index in [2.05, 4.69) is 45.6 Å². The number of nitrogen functional groups attached to an aromatic ring is 1. The van der Waals surface area contributed by atoms with Crippen molar-refractivity contribution in [3.63, 3.8) is 0 Å². The number of aryl methyl sites for hydroxylation is 1. The van der Waals surface area contributed by atoms with Gasteiger partial charge in [0.1, 0.15) is 17.1 Å². The summed E-state index contributed by atoms with van der Waals surface area (Å²) in [5, 5.41) is 1.07. The maximum atomic E-state index is 11.9. The molecule has 0 aliphatic heterocycles. The molecule has 4 aromatic rings. The first-order chi connectivity index (χ1) is 20.9. The summed E-state index contributed by atoms with van der Waals surface area (Å²) in [5.41, 5.74) is 10.2. The fourth-order valence-electron chi connectivity index (χ4n) is 5.14. The van der Waals surface area contributed by atoms with Crippen molar-refractivity contribution in [2.45, 2.75) is 45.7 Å². The maximum Gasteiger partial charge on any atom is 0.344 e. The predicted molar refractivity (Wildman–Crippen MR) is 171 cm³/mol. The van der Waals surface area contributed by atoms with Gasteiger partial charge < -0.3 is 29.4 Å². The summed E-state index contributed by atoms with van der Waals surface area (Å²) in [6, 6.07) is 16.1. The number of imidazole rings is 1. The van der Waals surface area contributed by atoms with Gasteiger partial charge in [-0.2, -0.15) is 0 Å². The molecule has 0 unspecified atom stereocenters. The fourth-order valence-corrected chi connectivity index (χ4v) is 5.14. The Morgan fingerprint density at radius 3 is 2.63 bits per heavy atom. The molecule has 0 radical (unpaired) electrons. The van der Waals surface area contributed by atoms with E-state index in [-0.39, 0.29) is 12.6 Å². The van der Waals surface area contributed by atoms with E-state index in [9.17, 15) is 4.79 Å². The lowest BCUT2D eigenvalue weighted by Gasteiger charge is -2.24. The van der Waals surface area contributed by atoms with Gasteiger partial charge in [0, 0.05) is 45.1 Å². The number of anilines is 1. The number of carbonyl (C=O) groups excluding carboxylic acids is 1. The van der Waals surface area contributed by atoms with E-state index in [1.165, 1.54) is 0 Å². The summed E-state index contributed by atoms with van der Waals surface area (Å²) in [4.78, 5) is 26.1. The second kappa shape index (κ2) is 16.2. The Bertz CT molecular complexity index is 1470. The standard InChI is InChI=1S/C33H46N6O4/c1-5-20-42-30(40)24-43-26-12-10-11-25(22-26)23-38(19-18-37(2)3)16-8-9-17-39-29(15-21-41-4)36-31-32(39)27-13-6-7-14-28(27)35-33(31)34/h6-7,10-14,22H,5,8-9,15-21,23-24H2,1-4H3,(H2,34,35). The first-order valence-corrected chi connectivity index (χ1v) is 15.2. The number of nitrogens with zero attached hydrogens (tertiary/aromatic N) is 5. The molecule has 0 amide bonds. The van der Waals surface area contributed by atoms with E-state index >= 15 is 0 Å². The van der Waals surface area contributed by atoms with Crippen LogP contribution in [0.5, 0.6) is 5.75 Å². The van der Waals surface area contributed by atoms with Crippen LogP contribution in [0, 0.1) is 0 Å². The largest absolute Gasteiger partial charge is 0.482 e. The van der Waals surface area contributed by atoms with Crippen LogP contribution in [-0.2, 0) is 33.8 Å². The van der Waals surface area contributed by atoms with Crippen LogP contribution in [0.25, 0.3) is 21.9 Å². The molecule has 43 heavy (non-hydrogen) atoms. The number of carbonyl (C=O) groups is 1. The maximum absolute atomic E-state index is 11.9. The Morgan fingerprint density at radius 1 is 1.00 bits per heavy atom. The average molecular weight is 591 g/mol. The van der Waals surface area contributed by atoms with E-state index in [1.807, 2.05) is 43.3 Å². The van der Waals surface area contributed by atoms with Gasteiger partial charge in [-0.1, -0.05) is 37.3 Å². The molecule has 0 aliphatic rings. The lowest BCUT2D eigenvalue weighted by Crippen LogP contribution is -2.32. The third-order valence-electron chi connectivity index (χ3n) is 7.32. The number of unbranched alkanes of at least 4 members (excludes halogenated alkanes) is 1. The molecule has 4 rings (SSSR count). The molecular formula is C33H46N6O4. The second-order valence-corrected chi connectivity index (χ2v) is 11.1. The van der Waals surface area contributed by atoms with E-state index in [4.69, 9.17) is 24.9 Å². The highest BCUT2D eigenvalue weighted by Gasteiger charge is 2.17. The number of pyridine rings is 1. The van der Waals surface area contributed by atoms with Crippen LogP contribution in [0.4, 0.5) is 5.82 Å². The van der Waals surface area contributed by atoms with Gasteiger partial charge in [-0.25, -0.2) is 14.8 Å². The summed E-state index contributed by atoms with van der Waals surface area (Å²) in [6.07, 6.45) is 3.52. The molecule has 0 bridgehead atoms. The zero-order chi connectivity index (χ0) is 30.6. The first-order valence-electron chi connectivity index (χ1n) is 15.2. The highest BCUT2D eigenvalue weighted by atomic mass is 16.6. The van der Waals surface area contributed by atoms with Crippen LogP contribution in [0.1, 0.15) is 37.6 Å². The quantitative estimate of drug-likeness (QED) is 0.132. The Morgan fingerprint density at radius 2 is 1.84 bits per heavy atom. The minimum Gasteiger partial charge on any atom is -0.482 e. The molecule has 0 saturated carbocycles. The third kappa shape index (κ3) is 9.13. The van der Waals surface area contributed by atoms with Gasteiger partial charge in [-0.05, 0) is 63.7 Å². The molecule has 0 saturated heterocycles. The predicted octanol–water partition coefficient (Wildman–Crippen LogP) is 4.53. The molecule has 2 aromatic carbocycles. The number of esters is 1. The molecule has 232 valence electrons. The van der Waals surface area contributed by atoms with Gasteiger partial charge in [0.2, 0.25) is 0 Å². The third-order valence-corrected chi connectivity index (χ3v) is 7.32. The van der Waals surface area contributed by atoms with E-state index in [0.29, 0.717) is 31.2 Å². The smallest absolute Gasteiger partial charge is 0.344 e. The first kappa shape index (κ1) is 32.2. The van der Waals surface area contributed by atoms with Crippen LogP contribution in [0.3, 0.4) is 0 Å². The Labute approximate surface area is 254 Å². The lowest BCUT2D eigenvalue weighted by atomic mass is 10.1. The Hall–Kier alpha value is -3.73. The highest BCUT2D eigenvalue weighted by Crippen LogP contribution is 2.29. The SMILES string of the molecule is CCCOC(=O)COc1cccc(CN(CCCCn2c(CCOC)nc3c(N)nc4ccccc4c32)CCN(C)C)c1. The summed E-state index contributed by atoms with van der Waals surface area (Å²) >= 11 is 0. The topological polar surface area (TPSA) is 108 Å². The van der Waals surface area contributed by atoms with E-state index in [1.54, 1.807) is 7.11 Å². The van der Waals surface area contributed by atoms with Crippen molar-refractivity contribution in [2.24, 2.45) is 0 Å². The monoisotopic (exact) mass is 590 g/mol. The molecular weight excluding hydrogens is 544 g/mol. The molecule has 0 aliphatic carbocycles. The number of para-hydroxylation sites is 1. The Kier molecular flexibility index (Phi) is 12.1. The van der Waals surface area contributed by atoms with E-state index in [0.717, 1.165) is 85.3 Å². The average Bonchev–Trinajstić information content (AvgIpc) is 3.38. The number of likely N-dealkylation sites (N-methyl/N-ethyl adjacent to an activating group) is 1. The molecule has 2 N–H and O–H groups in total. The number of fused-ring (bicyclic) bond motifs is 3. The summed E-state index contributed by atoms with van der Waals surface area (Å²) in [7, 11) is 5.91. The van der Waals surface area contributed by atoms with Crippen LogP contribution in [0.15, 0.2) is 48.5 Å². The van der Waals surface area contributed by atoms with Crippen LogP contribution in [-0.4, -0.2) is 91.0 Å². The minimum absolute atomic E-state index is 0.0832. The summed E-state index contributed by atoms with van der Waals surface area (Å²) < 4.78 is 18.5. The number of benzene rings is 2. The van der Waals surface area contributed by atoms with Crippen LogP contribution >= 0.6 is 0 Å². The Balaban J connectivity index is 1.43. The van der Waals surface area contributed by atoms with E-state index < -0.39 is 0 Å². The van der Waals surface area contributed by atoms with Crippen molar-refractivity contribution in [1.29, 1.82) is 0 Å². The van der Waals surface area contributed by atoms with Gasteiger partial charge >= 0.3 is 5.97 Å². The normalized spacial score (nSPS) is 11.7. The van der Waals surface area contributed by atoms with Crippen molar-refractivity contribution in [2.75, 3.05) is 66.4 Å². The summed E-state index contributed by atoms with van der Waals surface area (Å²) in [5.74, 6) is 1.77. The van der Waals surface area contributed by atoms with Gasteiger partial charge in [-0.3, -0.25) is 4.90 Å². The number of methoxy groups -OCH3 is 1. The van der Waals surface area contributed by atoms with Crippen molar-refractivity contribution < 1.29 is 19.0 Å². The highest BCUT2D eigenvalue weighted by molar-refractivity contribution is 6.06. The molecule has 2 aromatic heterocycles. The molecule has 0 atom stereocenters. The van der Waals surface area contributed by atoms with Crippen LogP contribution in [0.2, 0.25) is 0 Å². The second-order valence-electron chi connectivity index (χ2n) is 11.1. The fraction of sp³-hybridized carbons (Fsp3) is 0.485. The van der Waals surface area contributed by atoms with Crippen molar-refractivity contribution in [1.82, 2.24) is 24.3 Å². The lowest BCUT2D eigenvalue weighted by molar-refractivity contribution is -0.146. The number of hydrogen-bond donors (Lipinski definition) is 1. The molecule has 2 heterocycles. The van der Waals surface area contributed by atoms with Crippen LogP contribution < -0.4 is 10.5 Å². The van der Waals surface area contributed by atoms with Crippen molar-refractivity contribution >= 4 is 33.7 Å². The molecule has 0 spiro atoms. The minimum atomic E-state index is -0.345. The zero-order valence-electron chi connectivity index (χ0n) is 26.1. The van der Waals surface area contributed by atoms with Gasteiger partial charge in [0.25, 0.3) is 0 Å². The van der Waals surface area contributed by atoms with Crippen molar-refractivity contribution in [3.05, 3.63) is 59.9 Å². The number of aromatic nitrogens is 3. The number of ether oxygens (including phenoxy) is 3.